The fraction of sp³-hybridized carbons (Fsp3) is 0.0833. The summed E-state index contributed by atoms with van der Waals surface area (Å²) < 4.78 is 0. The van der Waals surface area contributed by atoms with Gasteiger partial charge in [-0.15, -0.1) is 0 Å². The predicted molar refractivity (Wildman–Crippen MR) is 62.0 cm³/mol. The standard InChI is InChI=1S/C12H10N2O3/c1-7-8(10-4-2-3-5-13-10)6-9(12(16)17)11(15)14-7/h2-6H,1H3,(H,14,15)(H,16,17). The van der Waals surface area contributed by atoms with Gasteiger partial charge in [0.15, 0.2) is 0 Å². The molecule has 0 unspecified atom stereocenters. The summed E-state index contributed by atoms with van der Waals surface area (Å²) in [6, 6.07) is 6.67. The molecule has 5 heteroatoms. The molecule has 0 bridgehead atoms. The van der Waals surface area contributed by atoms with E-state index >= 15 is 0 Å². The molecule has 2 aromatic heterocycles. The number of aromatic nitrogens is 2. The molecule has 0 amide bonds. The molecule has 2 rings (SSSR count). The molecule has 0 aliphatic heterocycles. The quantitative estimate of drug-likeness (QED) is 0.817. The lowest BCUT2D eigenvalue weighted by molar-refractivity contribution is 0.0695. The maximum atomic E-state index is 11.4. The summed E-state index contributed by atoms with van der Waals surface area (Å²) in [6.07, 6.45) is 1.61. The van der Waals surface area contributed by atoms with E-state index in [-0.39, 0.29) is 5.56 Å². The third-order valence-electron chi connectivity index (χ3n) is 2.41. The van der Waals surface area contributed by atoms with Crippen molar-refractivity contribution in [1.82, 2.24) is 9.97 Å². The van der Waals surface area contributed by atoms with Crippen molar-refractivity contribution in [2.75, 3.05) is 0 Å². The highest BCUT2D eigenvalue weighted by atomic mass is 16.4. The van der Waals surface area contributed by atoms with Gasteiger partial charge in [0.2, 0.25) is 0 Å². The van der Waals surface area contributed by atoms with E-state index in [0.717, 1.165) is 0 Å². The number of aromatic carboxylic acids is 1. The molecule has 2 N–H and O–H groups in total. The summed E-state index contributed by atoms with van der Waals surface area (Å²) in [4.78, 5) is 28.9. The highest BCUT2D eigenvalue weighted by Gasteiger charge is 2.13. The second-order valence-electron chi connectivity index (χ2n) is 3.57. The highest BCUT2D eigenvalue weighted by Crippen LogP contribution is 2.18. The van der Waals surface area contributed by atoms with Crippen LogP contribution in [0.3, 0.4) is 0 Å². The number of carboxylic acid groups (broad SMARTS) is 1. The van der Waals surface area contributed by atoms with Gasteiger partial charge in [-0.05, 0) is 25.1 Å². The number of hydrogen-bond donors (Lipinski definition) is 2. The van der Waals surface area contributed by atoms with Crippen molar-refractivity contribution >= 4 is 5.97 Å². The van der Waals surface area contributed by atoms with E-state index in [0.29, 0.717) is 17.0 Å². The van der Waals surface area contributed by atoms with E-state index < -0.39 is 11.5 Å². The Kier molecular flexibility index (Phi) is 2.74. The average molecular weight is 230 g/mol. The molecule has 0 radical (unpaired) electrons. The van der Waals surface area contributed by atoms with E-state index in [4.69, 9.17) is 5.11 Å². The van der Waals surface area contributed by atoms with Crippen LogP contribution in [0.1, 0.15) is 16.1 Å². The number of carbonyl (C=O) groups is 1. The van der Waals surface area contributed by atoms with Gasteiger partial charge < -0.3 is 10.1 Å². The topological polar surface area (TPSA) is 83.0 Å². The lowest BCUT2D eigenvalue weighted by Crippen LogP contribution is -2.18. The normalized spacial score (nSPS) is 10.2. The molecule has 0 saturated heterocycles. The maximum absolute atomic E-state index is 11.4. The molecule has 0 fully saturated rings. The number of pyridine rings is 2. The van der Waals surface area contributed by atoms with Gasteiger partial charge in [0.1, 0.15) is 5.56 Å². The van der Waals surface area contributed by atoms with Gasteiger partial charge in [0, 0.05) is 17.5 Å². The first kappa shape index (κ1) is 11.1. The molecular weight excluding hydrogens is 220 g/mol. The van der Waals surface area contributed by atoms with Gasteiger partial charge in [0.05, 0.1) is 5.69 Å². The van der Waals surface area contributed by atoms with Gasteiger partial charge in [-0.3, -0.25) is 9.78 Å². The van der Waals surface area contributed by atoms with Crippen molar-refractivity contribution in [3.63, 3.8) is 0 Å². The number of aromatic amines is 1. The van der Waals surface area contributed by atoms with Gasteiger partial charge >= 0.3 is 5.97 Å². The molecule has 0 saturated carbocycles. The van der Waals surface area contributed by atoms with E-state index in [2.05, 4.69) is 9.97 Å². The summed E-state index contributed by atoms with van der Waals surface area (Å²) in [5, 5.41) is 8.89. The summed E-state index contributed by atoms with van der Waals surface area (Å²) in [5.74, 6) is -1.25. The number of nitrogens with one attached hydrogen (secondary N) is 1. The average Bonchev–Trinajstić information content (AvgIpc) is 2.29. The first-order valence-corrected chi connectivity index (χ1v) is 4.98. The Morgan fingerprint density at radius 2 is 2.18 bits per heavy atom. The molecule has 2 heterocycles. The Morgan fingerprint density at radius 3 is 2.76 bits per heavy atom. The van der Waals surface area contributed by atoms with E-state index in [1.165, 1.54) is 6.07 Å². The lowest BCUT2D eigenvalue weighted by Gasteiger charge is -2.05. The zero-order chi connectivity index (χ0) is 12.4. The van der Waals surface area contributed by atoms with Crippen LogP contribution in [-0.4, -0.2) is 21.0 Å². The van der Waals surface area contributed by atoms with Crippen molar-refractivity contribution < 1.29 is 9.90 Å². The van der Waals surface area contributed by atoms with Crippen molar-refractivity contribution in [2.24, 2.45) is 0 Å². The Balaban J connectivity index is 2.67. The van der Waals surface area contributed by atoms with Gasteiger partial charge in [-0.25, -0.2) is 4.79 Å². The number of rotatable bonds is 2. The van der Waals surface area contributed by atoms with Crippen molar-refractivity contribution in [3.8, 4) is 11.3 Å². The SMILES string of the molecule is Cc1[nH]c(=O)c(C(=O)O)cc1-c1ccccn1. The summed E-state index contributed by atoms with van der Waals surface area (Å²) in [7, 11) is 0. The van der Waals surface area contributed by atoms with Crippen molar-refractivity contribution in [3.05, 3.63) is 52.1 Å². The molecular formula is C12H10N2O3. The number of carboxylic acids is 1. The Labute approximate surface area is 96.8 Å². The Hall–Kier alpha value is -2.43. The lowest BCUT2D eigenvalue weighted by atomic mass is 10.1. The molecule has 2 aromatic rings. The largest absolute Gasteiger partial charge is 0.477 e. The van der Waals surface area contributed by atoms with Crippen LogP contribution in [0, 0.1) is 6.92 Å². The van der Waals surface area contributed by atoms with Gasteiger partial charge in [-0.1, -0.05) is 6.07 Å². The highest BCUT2D eigenvalue weighted by molar-refractivity contribution is 5.88. The zero-order valence-electron chi connectivity index (χ0n) is 9.10. The number of hydrogen-bond acceptors (Lipinski definition) is 3. The van der Waals surface area contributed by atoms with Crippen LogP contribution in [0.2, 0.25) is 0 Å². The second kappa shape index (κ2) is 4.21. The smallest absolute Gasteiger partial charge is 0.341 e. The molecule has 0 spiro atoms. The number of H-pyrrole nitrogens is 1. The van der Waals surface area contributed by atoms with Gasteiger partial charge in [0.25, 0.3) is 5.56 Å². The minimum atomic E-state index is -1.25. The summed E-state index contributed by atoms with van der Waals surface area (Å²) in [6.45, 7) is 1.71. The van der Waals surface area contributed by atoms with E-state index in [9.17, 15) is 9.59 Å². The first-order valence-electron chi connectivity index (χ1n) is 4.98. The maximum Gasteiger partial charge on any atom is 0.341 e. The third kappa shape index (κ3) is 2.08. The van der Waals surface area contributed by atoms with Crippen LogP contribution in [0.25, 0.3) is 11.3 Å². The Bertz CT molecular complexity index is 617. The van der Waals surface area contributed by atoms with Crippen LogP contribution in [-0.2, 0) is 0 Å². The van der Waals surface area contributed by atoms with E-state index in [1.54, 1.807) is 31.3 Å². The third-order valence-corrected chi connectivity index (χ3v) is 2.41. The first-order chi connectivity index (χ1) is 8.09. The van der Waals surface area contributed by atoms with Crippen LogP contribution in [0.5, 0.6) is 0 Å². The minimum absolute atomic E-state index is 0.281. The molecule has 5 nitrogen and oxygen atoms in total. The number of nitrogens with zero attached hydrogens (tertiary/aromatic N) is 1. The molecule has 0 aromatic carbocycles. The molecule has 0 aliphatic rings. The van der Waals surface area contributed by atoms with Gasteiger partial charge in [-0.2, -0.15) is 0 Å². The fourth-order valence-corrected chi connectivity index (χ4v) is 1.57. The fourth-order valence-electron chi connectivity index (χ4n) is 1.57. The van der Waals surface area contributed by atoms with Crippen LogP contribution < -0.4 is 5.56 Å². The zero-order valence-corrected chi connectivity index (χ0v) is 9.10. The van der Waals surface area contributed by atoms with Crippen LogP contribution in [0.15, 0.2) is 35.3 Å². The van der Waals surface area contributed by atoms with Crippen molar-refractivity contribution in [2.45, 2.75) is 6.92 Å². The van der Waals surface area contributed by atoms with Crippen LogP contribution in [0.4, 0.5) is 0 Å². The second-order valence-corrected chi connectivity index (χ2v) is 3.57. The molecule has 0 aliphatic carbocycles. The summed E-state index contributed by atoms with van der Waals surface area (Å²) >= 11 is 0. The molecule has 86 valence electrons. The van der Waals surface area contributed by atoms with E-state index in [1.807, 2.05) is 0 Å². The molecule has 0 atom stereocenters. The monoisotopic (exact) mass is 230 g/mol. The van der Waals surface area contributed by atoms with Crippen molar-refractivity contribution in [1.29, 1.82) is 0 Å². The summed E-state index contributed by atoms with van der Waals surface area (Å²) in [5.41, 5.74) is 0.955. The van der Waals surface area contributed by atoms with Crippen LogP contribution >= 0.6 is 0 Å². The number of aryl methyl sites for hydroxylation is 1. The minimum Gasteiger partial charge on any atom is -0.477 e. The Morgan fingerprint density at radius 1 is 1.41 bits per heavy atom. The predicted octanol–water partition coefficient (Wildman–Crippen LogP) is 1.44. The molecule has 17 heavy (non-hydrogen) atoms.